The van der Waals surface area contributed by atoms with Crippen molar-refractivity contribution in [1.29, 1.82) is 0 Å². The Kier molecular flexibility index (Phi) is 21.3. The van der Waals surface area contributed by atoms with E-state index < -0.39 is 107 Å². The molecule has 0 spiro atoms. The fraction of sp³-hybridized carbons (Fsp3) is 0.836. The van der Waals surface area contributed by atoms with Gasteiger partial charge in [-0.3, -0.25) is 14.4 Å². The number of hydrogen-bond acceptors (Lipinski definition) is 12. The summed E-state index contributed by atoms with van der Waals surface area (Å²) in [6.45, 7) is 39.8. The van der Waals surface area contributed by atoms with E-state index in [1.165, 1.54) is 12.0 Å². The lowest BCUT2D eigenvalue weighted by molar-refractivity contribution is -0.317. The number of cyclic esters (lactones) is 1. The number of rotatable bonds is 12. The molecule has 3 heterocycles. The zero-order valence-electron chi connectivity index (χ0n) is 51.0. The Morgan fingerprint density at radius 2 is 1.51 bits per heavy atom. The standard InChI is InChI=1S/C61H103NO12/c1-24-26-46-39(11)37(9)36(8)38(10)40(12)53(69-21)54-51(68-20)31-45(25-2)61(71-23,74-54)55(65)56(66)62-43(15)58(16,17)35(7)29-48(62)57(67)72-52(41(13)49(63)32-50(46)64)47(33(3)4)30-44-27-28-59(18,70-22)60(19,42(44)14)73-34(5)6/h24,30,33-36,38,40-46,48-49,51-54,63H,1,25-29,31-32H2,2-23H3/b39-37?,47-30+/t35?,36?,38-,40?,41+,42?,43?,44-,45+,46+,48-,49-,51-,52-,53-,54-,59+,60+,61+/m0/s1/i34D. The normalized spacial score (nSPS) is 42.1. The number of ketones is 2. The molecular weight excluding hydrogens is 939 g/mol. The molecule has 0 aromatic rings. The highest BCUT2D eigenvalue weighted by molar-refractivity contribution is 6.39. The molecule has 3 fully saturated rings. The molecule has 19 atom stereocenters. The molecule has 1 aliphatic carbocycles. The first-order chi connectivity index (χ1) is 34.7. The average molecular weight is 1040 g/mol. The molecule has 0 aromatic carbocycles. The van der Waals surface area contributed by atoms with Crippen LogP contribution >= 0.6 is 0 Å². The zero-order valence-corrected chi connectivity index (χ0v) is 50.0. The minimum absolute atomic E-state index is 0.0502. The van der Waals surface area contributed by atoms with E-state index in [1.807, 2.05) is 76.2 Å². The third kappa shape index (κ3) is 12.1. The van der Waals surface area contributed by atoms with Gasteiger partial charge in [-0.05, 0) is 139 Å². The number of piperidine rings is 1. The number of nitrogens with zero attached hydrogens (tertiary/aromatic N) is 1. The number of carbonyl (C=O) groups excluding carboxylic acids is 4. The van der Waals surface area contributed by atoms with Gasteiger partial charge in [0.1, 0.15) is 24.0 Å². The van der Waals surface area contributed by atoms with Crippen LogP contribution < -0.4 is 0 Å². The van der Waals surface area contributed by atoms with Gasteiger partial charge in [-0.25, -0.2) is 4.79 Å². The fourth-order valence-corrected chi connectivity index (χ4v) is 13.4. The topological polar surface area (TPSA) is 156 Å². The first-order valence-electron chi connectivity index (χ1n) is 28.5. The SMILES string of the molecule is [2H]C(C)(C)O[C@]1(C)C(C)[C@H](/C=C(\C(C)C)[C@H]2OC(=O)[C@@H]3CC(C)C(C)(C)C(C)N3C(=O)C(=O)[C@]3(OC)O[C@@H]([C@@H](OC)C[C@H]3CC)[C@@H](OC)C(C)[C@@H](C)C(C)C(C)=C(C)[C@@H](CC=C)C(=O)C[C@H](O)[C@H]2C)CC[C@@]1(C)OC. The van der Waals surface area contributed by atoms with Crippen LogP contribution in [-0.4, -0.2) is 128 Å². The van der Waals surface area contributed by atoms with Crippen LogP contribution in [0.2, 0.25) is 0 Å². The zero-order chi connectivity index (χ0) is 57.2. The first-order valence-corrected chi connectivity index (χ1v) is 28.0. The van der Waals surface area contributed by atoms with Crippen LogP contribution in [0.5, 0.6) is 0 Å². The molecule has 4 aliphatic rings. The largest absolute Gasteiger partial charge is 0.456 e. The van der Waals surface area contributed by atoms with Crippen molar-refractivity contribution >= 4 is 23.4 Å². The number of carbonyl (C=O) groups is 4. The Bertz CT molecular complexity index is 2080. The van der Waals surface area contributed by atoms with Gasteiger partial charge in [0, 0.05) is 58.7 Å². The lowest BCUT2D eigenvalue weighted by Gasteiger charge is -2.55. The van der Waals surface area contributed by atoms with Gasteiger partial charge in [-0.15, -0.1) is 6.58 Å². The van der Waals surface area contributed by atoms with Gasteiger partial charge < -0.3 is 43.2 Å². The van der Waals surface area contributed by atoms with Gasteiger partial charge in [0.15, 0.2) is 0 Å². The second-order valence-electron chi connectivity index (χ2n) is 24.7. The van der Waals surface area contributed by atoms with Crippen molar-refractivity contribution < 1.29 is 58.8 Å². The molecule has 4 rings (SSSR count). The van der Waals surface area contributed by atoms with Gasteiger partial charge >= 0.3 is 5.97 Å². The highest BCUT2D eigenvalue weighted by Gasteiger charge is 2.62. The molecule has 1 saturated carbocycles. The van der Waals surface area contributed by atoms with Crippen LogP contribution in [0.25, 0.3) is 0 Å². The van der Waals surface area contributed by atoms with Gasteiger partial charge in [0.2, 0.25) is 5.79 Å². The second-order valence-corrected chi connectivity index (χ2v) is 24.7. The summed E-state index contributed by atoms with van der Waals surface area (Å²) in [6.07, 6.45) is 0.706. The predicted molar refractivity (Wildman–Crippen MR) is 291 cm³/mol. The van der Waals surface area contributed by atoms with Crippen LogP contribution in [0.4, 0.5) is 0 Å². The third-order valence-electron chi connectivity index (χ3n) is 20.4. The van der Waals surface area contributed by atoms with Crippen LogP contribution in [0.1, 0.15) is 171 Å². The van der Waals surface area contributed by atoms with E-state index in [0.29, 0.717) is 32.1 Å². The number of ether oxygens (including phenoxy) is 7. The lowest BCUT2D eigenvalue weighted by atomic mass is 9.62. The maximum absolute atomic E-state index is 15.6. The summed E-state index contributed by atoms with van der Waals surface area (Å²) >= 11 is 0. The Hall–Kier alpha value is -2.78. The lowest BCUT2D eigenvalue weighted by Crippen LogP contribution is -2.68. The quantitative estimate of drug-likeness (QED) is 0.112. The molecule has 5 unspecified atom stereocenters. The van der Waals surface area contributed by atoms with E-state index in [2.05, 4.69) is 47.3 Å². The number of aliphatic hydroxyl groups is 1. The molecule has 3 aliphatic heterocycles. The first kappa shape index (κ1) is 62.1. The van der Waals surface area contributed by atoms with E-state index in [9.17, 15) is 9.90 Å². The molecule has 0 aromatic heterocycles. The van der Waals surface area contributed by atoms with Gasteiger partial charge in [-0.1, -0.05) is 99.5 Å². The molecule has 2 bridgehead atoms. The molecule has 13 nitrogen and oxygen atoms in total. The monoisotopic (exact) mass is 1040 g/mol. The average Bonchev–Trinajstić information content (AvgIpc) is 3.35. The number of Topliss-reactive ketones (excluding diaryl/α,β-unsaturated/α-hetero) is 2. The Labute approximate surface area is 449 Å². The second kappa shape index (κ2) is 25.3. The summed E-state index contributed by atoms with van der Waals surface area (Å²) in [7, 11) is 6.30. The number of methoxy groups -OCH3 is 4. The predicted octanol–water partition coefficient (Wildman–Crippen LogP) is 10.9. The van der Waals surface area contributed by atoms with Crippen molar-refractivity contribution in [2.24, 2.45) is 64.6 Å². The molecular formula is C61H103NO12. The van der Waals surface area contributed by atoms with Crippen LogP contribution in [0, 0.1) is 64.6 Å². The van der Waals surface area contributed by atoms with Crippen molar-refractivity contribution in [2.75, 3.05) is 28.4 Å². The minimum atomic E-state index is -2.06. The van der Waals surface area contributed by atoms with Crippen molar-refractivity contribution in [3.8, 4) is 0 Å². The molecule has 0 radical (unpaired) electrons. The number of esters is 1. The van der Waals surface area contributed by atoms with Crippen LogP contribution in [-0.2, 0) is 52.3 Å². The molecule has 74 heavy (non-hydrogen) atoms. The highest BCUT2D eigenvalue weighted by atomic mass is 16.7. The molecule has 424 valence electrons. The maximum Gasteiger partial charge on any atom is 0.329 e. The van der Waals surface area contributed by atoms with Gasteiger partial charge in [-0.2, -0.15) is 0 Å². The summed E-state index contributed by atoms with van der Waals surface area (Å²) in [5.74, 6) is -7.75. The summed E-state index contributed by atoms with van der Waals surface area (Å²) in [6, 6.07) is -1.85. The molecule has 1 amide bonds. The fourth-order valence-electron chi connectivity index (χ4n) is 13.4. The van der Waals surface area contributed by atoms with Gasteiger partial charge in [0.25, 0.3) is 11.7 Å². The number of hydrogen-bond donors (Lipinski definition) is 1. The van der Waals surface area contributed by atoms with Crippen LogP contribution in [0.15, 0.2) is 35.5 Å². The molecule has 1 N–H and O–H groups in total. The summed E-state index contributed by atoms with van der Waals surface area (Å²) in [5.41, 5.74) is 0.466. The van der Waals surface area contributed by atoms with E-state index in [-0.39, 0.29) is 60.1 Å². The summed E-state index contributed by atoms with van der Waals surface area (Å²) in [5, 5.41) is 12.5. The van der Waals surface area contributed by atoms with Crippen molar-refractivity contribution in [3.05, 3.63) is 35.5 Å². The number of fused-ring (bicyclic) bond motifs is 3. The third-order valence-corrected chi connectivity index (χ3v) is 20.4. The van der Waals surface area contributed by atoms with E-state index in [4.69, 9.17) is 34.5 Å². The minimum Gasteiger partial charge on any atom is -0.456 e. The van der Waals surface area contributed by atoms with E-state index >= 15 is 14.4 Å². The number of aliphatic hydroxyl groups excluding tert-OH is 1. The maximum atomic E-state index is 15.6. The summed E-state index contributed by atoms with van der Waals surface area (Å²) < 4.78 is 54.3. The Balaban J connectivity index is 2.06. The van der Waals surface area contributed by atoms with Crippen LogP contribution in [0.3, 0.4) is 0 Å². The van der Waals surface area contributed by atoms with Crippen molar-refractivity contribution in [1.82, 2.24) is 4.90 Å². The number of amides is 1. The highest BCUT2D eigenvalue weighted by Crippen LogP contribution is 2.51. The Morgan fingerprint density at radius 1 is 0.892 bits per heavy atom. The van der Waals surface area contributed by atoms with Gasteiger partial charge in [0.05, 0.1) is 37.0 Å². The van der Waals surface area contributed by atoms with Crippen molar-refractivity contribution in [2.45, 2.75) is 235 Å². The molecule has 2 saturated heterocycles. The number of allylic oxidation sites excluding steroid dienone is 4. The van der Waals surface area contributed by atoms with E-state index in [1.54, 1.807) is 41.3 Å². The summed E-state index contributed by atoms with van der Waals surface area (Å²) in [4.78, 5) is 63.0. The van der Waals surface area contributed by atoms with E-state index in [0.717, 1.165) is 16.7 Å². The smallest absolute Gasteiger partial charge is 0.329 e. The Morgan fingerprint density at radius 3 is 2.03 bits per heavy atom. The molecule has 13 heteroatoms. The van der Waals surface area contributed by atoms with Crippen molar-refractivity contribution in [3.63, 3.8) is 0 Å².